The van der Waals surface area contributed by atoms with Crippen LogP contribution in [0.1, 0.15) is 12.1 Å². The number of sulfonamides is 1. The maximum atomic E-state index is 12.1. The summed E-state index contributed by atoms with van der Waals surface area (Å²) in [5, 5.41) is 1.80. The first-order chi connectivity index (χ1) is 10.1. The van der Waals surface area contributed by atoms with E-state index in [1.807, 2.05) is 0 Å². The minimum atomic E-state index is -3.54. The number of hydrogen-bond acceptors (Lipinski definition) is 6. The zero-order chi connectivity index (χ0) is 15.1. The monoisotopic (exact) mass is 327 g/mol. The third kappa shape index (κ3) is 4.78. The van der Waals surface area contributed by atoms with Gasteiger partial charge >= 0.3 is 0 Å². The second-order valence-electron chi connectivity index (χ2n) is 4.27. The Morgan fingerprint density at radius 3 is 2.67 bits per heavy atom. The fraction of sp³-hybridized carbons (Fsp3) is 0.308. The lowest BCUT2D eigenvalue weighted by Crippen LogP contribution is -2.23. The Morgan fingerprint density at radius 2 is 2.05 bits per heavy atom. The highest BCUT2D eigenvalue weighted by atomic mass is 32.2. The van der Waals surface area contributed by atoms with Crippen molar-refractivity contribution in [3.8, 4) is 5.75 Å². The number of nitrogens with two attached hydrogens (primary N) is 1. The highest BCUT2D eigenvalue weighted by Crippen LogP contribution is 2.16. The molecule has 21 heavy (non-hydrogen) atoms. The number of thiazole rings is 1. The molecule has 1 aromatic heterocycles. The van der Waals surface area contributed by atoms with E-state index in [0.29, 0.717) is 24.6 Å². The number of rotatable bonds is 8. The summed E-state index contributed by atoms with van der Waals surface area (Å²) in [5.41, 5.74) is 7.74. The quantitative estimate of drug-likeness (QED) is 0.714. The lowest BCUT2D eigenvalue weighted by Gasteiger charge is -2.08. The molecule has 0 amide bonds. The third-order valence-corrected chi connectivity index (χ3v) is 4.73. The van der Waals surface area contributed by atoms with Crippen LogP contribution in [-0.2, 0) is 16.6 Å². The number of benzene rings is 1. The van der Waals surface area contributed by atoms with E-state index in [1.54, 1.807) is 23.0 Å². The minimum absolute atomic E-state index is 0.181. The van der Waals surface area contributed by atoms with Crippen molar-refractivity contribution in [3.63, 3.8) is 0 Å². The second kappa shape index (κ2) is 7.51. The van der Waals surface area contributed by atoms with E-state index in [0.717, 1.165) is 6.42 Å². The molecule has 0 aliphatic heterocycles. The molecule has 2 aromatic rings. The number of ether oxygens (including phenoxy) is 1. The SMILES string of the molecule is NCCCOc1ccc(S(=O)(=O)NCc2cscn2)cc1. The Morgan fingerprint density at radius 1 is 1.29 bits per heavy atom. The molecule has 8 heteroatoms. The summed E-state index contributed by atoms with van der Waals surface area (Å²) in [4.78, 5) is 4.23. The van der Waals surface area contributed by atoms with Gasteiger partial charge in [-0.2, -0.15) is 0 Å². The van der Waals surface area contributed by atoms with Gasteiger partial charge < -0.3 is 10.5 Å². The molecule has 0 saturated heterocycles. The van der Waals surface area contributed by atoms with E-state index < -0.39 is 10.0 Å². The Kier molecular flexibility index (Phi) is 5.68. The van der Waals surface area contributed by atoms with Crippen molar-refractivity contribution in [2.75, 3.05) is 13.2 Å². The van der Waals surface area contributed by atoms with Gasteiger partial charge in [0.15, 0.2) is 0 Å². The molecule has 0 aliphatic carbocycles. The standard InChI is InChI=1S/C13H17N3O3S2/c14-6-1-7-19-12-2-4-13(5-3-12)21(17,18)16-8-11-9-20-10-15-11/h2-5,9-10,16H,1,6-8,14H2. The fourth-order valence-corrected chi connectivity index (χ4v) is 3.12. The van der Waals surface area contributed by atoms with Crippen LogP contribution in [0.4, 0.5) is 0 Å². The predicted molar refractivity (Wildman–Crippen MR) is 81.7 cm³/mol. The molecule has 0 aliphatic rings. The number of nitrogens with zero attached hydrogens (tertiary/aromatic N) is 1. The summed E-state index contributed by atoms with van der Waals surface area (Å²) in [7, 11) is -3.54. The van der Waals surface area contributed by atoms with Crippen molar-refractivity contribution in [2.45, 2.75) is 17.9 Å². The molecule has 1 aromatic carbocycles. The molecule has 2 rings (SSSR count). The molecule has 0 radical (unpaired) electrons. The molecule has 114 valence electrons. The van der Waals surface area contributed by atoms with Gasteiger partial charge in [0.1, 0.15) is 5.75 Å². The van der Waals surface area contributed by atoms with E-state index >= 15 is 0 Å². The lowest BCUT2D eigenvalue weighted by atomic mass is 10.3. The normalized spacial score (nSPS) is 11.5. The first-order valence-corrected chi connectivity index (χ1v) is 8.84. The first kappa shape index (κ1) is 15.9. The molecule has 0 bridgehead atoms. The predicted octanol–water partition coefficient (Wildman–Crippen LogP) is 1.35. The Labute approximate surface area is 128 Å². The Hall–Kier alpha value is -1.48. The summed E-state index contributed by atoms with van der Waals surface area (Å²) in [6.45, 7) is 1.26. The van der Waals surface area contributed by atoms with Crippen LogP contribution in [0.15, 0.2) is 40.1 Å². The molecule has 0 saturated carbocycles. The van der Waals surface area contributed by atoms with Gasteiger partial charge in [-0.15, -0.1) is 11.3 Å². The van der Waals surface area contributed by atoms with Crippen LogP contribution >= 0.6 is 11.3 Å². The average molecular weight is 327 g/mol. The van der Waals surface area contributed by atoms with Crippen LogP contribution in [0.25, 0.3) is 0 Å². The van der Waals surface area contributed by atoms with Crippen LogP contribution in [0.2, 0.25) is 0 Å². The summed E-state index contributed by atoms with van der Waals surface area (Å²) in [5.74, 6) is 0.627. The third-order valence-electron chi connectivity index (χ3n) is 2.68. The van der Waals surface area contributed by atoms with Crippen molar-refractivity contribution in [2.24, 2.45) is 5.73 Å². The smallest absolute Gasteiger partial charge is 0.240 e. The summed E-state index contributed by atoms with van der Waals surface area (Å²) < 4.78 is 32.1. The van der Waals surface area contributed by atoms with Crippen molar-refractivity contribution in [1.82, 2.24) is 9.71 Å². The van der Waals surface area contributed by atoms with E-state index in [-0.39, 0.29) is 11.4 Å². The molecule has 0 fully saturated rings. The maximum Gasteiger partial charge on any atom is 0.240 e. The van der Waals surface area contributed by atoms with Crippen molar-refractivity contribution >= 4 is 21.4 Å². The van der Waals surface area contributed by atoms with Crippen LogP contribution in [0.5, 0.6) is 5.75 Å². The number of nitrogens with one attached hydrogen (secondary N) is 1. The zero-order valence-electron chi connectivity index (χ0n) is 11.4. The molecular formula is C13H17N3O3S2. The van der Waals surface area contributed by atoms with Gasteiger partial charge in [0, 0.05) is 5.38 Å². The van der Waals surface area contributed by atoms with Gasteiger partial charge in [-0.3, -0.25) is 0 Å². The van der Waals surface area contributed by atoms with Crippen LogP contribution in [0, 0.1) is 0 Å². The fourth-order valence-electron chi connectivity index (χ4n) is 1.57. The minimum Gasteiger partial charge on any atom is -0.494 e. The highest BCUT2D eigenvalue weighted by Gasteiger charge is 2.14. The lowest BCUT2D eigenvalue weighted by molar-refractivity contribution is 0.313. The molecule has 0 spiro atoms. The van der Waals surface area contributed by atoms with Gasteiger partial charge in [-0.1, -0.05) is 0 Å². The van der Waals surface area contributed by atoms with Crippen molar-refractivity contribution in [1.29, 1.82) is 0 Å². The number of aromatic nitrogens is 1. The van der Waals surface area contributed by atoms with Gasteiger partial charge in [-0.05, 0) is 37.2 Å². The van der Waals surface area contributed by atoms with Crippen LogP contribution < -0.4 is 15.2 Å². The molecule has 0 unspecified atom stereocenters. The number of hydrogen-bond donors (Lipinski definition) is 2. The van der Waals surface area contributed by atoms with Crippen molar-refractivity contribution in [3.05, 3.63) is 40.8 Å². The topological polar surface area (TPSA) is 94.3 Å². The van der Waals surface area contributed by atoms with Crippen LogP contribution in [0.3, 0.4) is 0 Å². The van der Waals surface area contributed by atoms with E-state index in [1.165, 1.54) is 23.5 Å². The highest BCUT2D eigenvalue weighted by molar-refractivity contribution is 7.89. The largest absolute Gasteiger partial charge is 0.494 e. The van der Waals surface area contributed by atoms with Gasteiger partial charge in [0.25, 0.3) is 0 Å². The Bertz CT molecular complexity index is 640. The second-order valence-corrected chi connectivity index (χ2v) is 6.75. The summed E-state index contributed by atoms with van der Waals surface area (Å²) in [6, 6.07) is 6.30. The Balaban J connectivity index is 1.96. The first-order valence-electron chi connectivity index (χ1n) is 6.41. The summed E-state index contributed by atoms with van der Waals surface area (Å²) in [6.07, 6.45) is 0.759. The molecule has 3 N–H and O–H groups in total. The van der Waals surface area contributed by atoms with Gasteiger partial charge in [-0.25, -0.2) is 18.1 Å². The maximum absolute atomic E-state index is 12.1. The molecule has 0 atom stereocenters. The van der Waals surface area contributed by atoms with E-state index in [4.69, 9.17) is 10.5 Å². The van der Waals surface area contributed by atoms with Gasteiger partial charge in [0.05, 0.1) is 29.3 Å². The van der Waals surface area contributed by atoms with Crippen molar-refractivity contribution < 1.29 is 13.2 Å². The van der Waals surface area contributed by atoms with E-state index in [9.17, 15) is 8.42 Å². The van der Waals surface area contributed by atoms with E-state index in [2.05, 4.69) is 9.71 Å². The van der Waals surface area contributed by atoms with Gasteiger partial charge in [0.2, 0.25) is 10.0 Å². The molecule has 1 heterocycles. The molecular weight excluding hydrogens is 310 g/mol. The average Bonchev–Trinajstić information content (AvgIpc) is 3.00. The van der Waals surface area contributed by atoms with Crippen LogP contribution in [-0.4, -0.2) is 26.6 Å². The molecule has 6 nitrogen and oxygen atoms in total. The zero-order valence-corrected chi connectivity index (χ0v) is 13.0. The summed E-state index contributed by atoms with van der Waals surface area (Å²) >= 11 is 1.43.